The molecule has 0 bridgehead atoms. The second kappa shape index (κ2) is 9.85. The smallest absolute Gasteiger partial charge is 0.316 e. The Balaban J connectivity index is 0.000000283. The van der Waals surface area contributed by atoms with Gasteiger partial charge in [-0.1, -0.05) is 35.3 Å². The molecule has 8 heteroatoms. The first kappa shape index (κ1) is 23.9. The van der Waals surface area contributed by atoms with Crippen molar-refractivity contribution in [3.63, 3.8) is 0 Å². The standard InChI is InChI=1S/C11H14ClNO2.C9H10ClNO2/c1-4-15-10(14)11(2,3)8-5-6-9(12)13-7-8;1-9(2,8(12)13)6-3-4-7(10)11-5-6/h5-7H,4H2,1-3H3;3-5H,1-2H3,(H,12,13). The molecule has 2 rings (SSSR count). The quantitative estimate of drug-likeness (QED) is 0.551. The predicted octanol–water partition coefficient (Wildman–Crippen LogP) is 4.67. The lowest BCUT2D eigenvalue weighted by Crippen LogP contribution is -2.31. The van der Waals surface area contributed by atoms with E-state index in [2.05, 4.69) is 9.97 Å². The summed E-state index contributed by atoms with van der Waals surface area (Å²) in [6, 6.07) is 6.70. The van der Waals surface area contributed by atoms with E-state index < -0.39 is 16.8 Å². The molecule has 2 aromatic heterocycles. The number of carboxylic acid groups (broad SMARTS) is 1. The normalized spacial score (nSPS) is 11.2. The highest BCUT2D eigenvalue weighted by Crippen LogP contribution is 2.25. The van der Waals surface area contributed by atoms with Gasteiger partial charge in [0, 0.05) is 12.4 Å². The fourth-order valence-electron chi connectivity index (χ4n) is 2.04. The zero-order valence-corrected chi connectivity index (χ0v) is 18.0. The number of hydrogen-bond donors (Lipinski definition) is 1. The molecule has 0 atom stereocenters. The van der Waals surface area contributed by atoms with Crippen LogP contribution < -0.4 is 0 Å². The number of esters is 1. The van der Waals surface area contributed by atoms with Crippen LogP contribution in [0.2, 0.25) is 10.3 Å². The highest BCUT2D eigenvalue weighted by atomic mass is 35.5. The average molecular weight is 427 g/mol. The molecule has 0 saturated carbocycles. The molecule has 0 spiro atoms. The molecule has 0 aliphatic rings. The highest BCUT2D eigenvalue weighted by molar-refractivity contribution is 6.29. The maximum absolute atomic E-state index is 11.7. The fraction of sp³-hybridized carbons (Fsp3) is 0.400. The number of carboxylic acids is 1. The van der Waals surface area contributed by atoms with Crippen LogP contribution in [0.5, 0.6) is 0 Å². The number of carbonyl (C=O) groups is 2. The van der Waals surface area contributed by atoms with E-state index in [0.717, 1.165) is 5.56 Å². The van der Waals surface area contributed by atoms with E-state index in [4.69, 9.17) is 33.0 Å². The lowest BCUT2D eigenvalue weighted by molar-refractivity contribution is -0.148. The Bertz CT molecular complexity index is 804. The van der Waals surface area contributed by atoms with E-state index in [1.807, 2.05) is 0 Å². The van der Waals surface area contributed by atoms with Gasteiger partial charge in [0.2, 0.25) is 0 Å². The largest absolute Gasteiger partial charge is 0.481 e. The number of nitrogens with zero attached hydrogens (tertiary/aromatic N) is 2. The van der Waals surface area contributed by atoms with Crippen molar-refractivity contribution in [3.8, 4) is 0 Å². The molecule has 2 aromatic rings. The summed E-state index contributed by atoms with van der Waals surface area (Å²) in [5, 5.41) is 9.68. The number of carbonyl (C=O) groups excluding carboxylic acids is 1. The van der Waals surface area contributed by atoms with Crippen LogP contribution in [0.3, 0.4) is 0 Å². The number of aliphatic carboxylic acids is 1. The van der Waals surface area contributed by atoms with Gasteiger partial charge in [0.15, 0.2) is 0 Å². The topological polar surface area (TPSA) is 89.4 Å². The van der Waals surface area contributed by atoms with Crippen molar-refractivity contribution in [2.75, 3.05) is 6.61 Å². The summed E-state index contributed by atoms with van der Waals surface area (Å²) in [5.41, 5.74) is -0.166. The molecule has 0 aromatic carbocycles. The minimum atomic E-state index is -0.919. The molecular formula is C20H24Cl2N2O4. The van der Waals surface area contributed by atoms with E-state index in [0.29, 0.717) is 22.5 Å². The summed E-state index contributed by atoms with van der Waals surface area (Å²) in [7, 11) is 0. The highest BCUT2D eigenvalue weighted by Gasteiger charge is 2.31. The average Bonchev–Trinajstić information content (AvgIpc) is 2.63. The zero-order valence-electron chi connectivity index (χ0n) is 16.5. The first-order chi connectivity index (χ1) is 12.9. The van der Waals surface area contributed by atoms with Gasteiger partial charge in [-0.05, 0) is 57.9 Å². The third kappa shape index (κ3) is 6.17. The molecule has 0 fully saturated rings. The van der Waals surface area contributed by atoms with Gasteiger partial charge >= 0.3 is 11.9 Å². The number of ether oxygens (including phenoxy) is 1. The van der Waals surface area contributed by atoms with Crippen LogP contribution in [0.4, 0.5) is 0 Å². The summed E-state index contributed by atoms with van der Waals surface area (Å²) in [5.74, 6) is -1.13. The van der Waals surface area contributed by atoms with Crippen molar-refractivity contribution in [1.82, 2.24) is 9.97 Å². The van der Waals surface area contributed by atoms with Gasteiger partial charge in [0.25, 0.3) is 0 Å². The van der Waals surface area contributed by atoms with Gasteiger partial charge in [-0.2, -0.15) is 0 Å². The van der Waals surface area contributed by atoms with E-state index in [1.54, 1.807) is 65.1 Å². The lowest BCUT2D eigenvalue weighted by Gasteiger charge is -2.22. The Morgan fingerprint density at radius 1 is 0.929 bits per heavy atom. The third-order valence-electron chi connectivity index (χ3n) is 4.22. The van der Waals surface area contributed by atoms with Crippen molar-refractivity contribution in [3.05, 3.63) is 58.1 Å². The fourth-order valence-corrected chi connectivity index (χ4v) is 2.27. The molecule has 152 valence electrons. The Labute approximate surface area is 174 Å². The van der Waals surface area contributed by atoms with Gasteiger partial charge in [-0.15, -0.1) is 0 Å². The summed E-state index contributed by atoms with van der Waals surface area (Å²) in [6.45, 7) is 9.02. The molecule has 0 aliphatic carbocycles. The van der Waals surface area contributed by atoms with Crippen molar-refractivity contribution in [2.45, 2.75) is 45.4 Å². The van der Waals surface area contributed by atoms with Gasteiger partial charge in [-0.3, -0.25) is 9.59 Å². The number of aromatic nitrogens is 2. The Kier molecular flexibility index (Phi) is 8.39. The number of pyridine rings is 2. The van der Waals surface area contributed by atoms with Gasteiger partial charge in [0.1, 0.15) is 10.3 Å². The van der Waals surface area contributed by atoms with Crippen molar-refractivity contribution in [1.29, 1.82) is 0 Å². The minimum Gasteiger partial charge on any atom is -0.481 e. The maximum atomic E-state index is 11.7. The van der Waals surface area contributed by atoms with Gasteiger partial charge < -0.3 is 9.84 Å². The van der Waals surface area contributed by atoms with Crippen LogP contribution in [-0.2, 0) is 25.2 Å². The number of rotatable bonds is 5. The summed E-state index contributed by atoms with van der Waals surface area (Å²) >= 11 is 11.3. The molecule has 0 radical (unpaired) electrons. The summed E-state index contributed by atoms with van der Waals surface area (Å²) in [6.07, 6.45) is 3.08. The van der Waals surface area contributed by atoms with E-state index in [9.17, 15) is 9.59 Å². The molecule has 0 aliphatic heterocycles. The molecule has 0 unspecified atom stereocenters. The van der Waals surface area contributed by atoms with Crippen LogP contribution in [0.25, 0.3) is 0 Å². The van der Waals surface area contributed by atoms with E-state index in [-0.39, 0.29) is 5.97 Å². The SMILES string of the molecule is CC(C)(C(=O)O)c1ccc(Cl)nc1.CCOC(=O)C(C)(C)c1ccc(Cl)nc1. The first-order valence-electron chi connectivity index (χ1n) is 8.57. The van der Waals surface area contributed by atoms with Crippen LogP contribution in [-0.4, -0.2) is 33.6 Å². The molecule has 6 nitrogen and oxygen atoms in total. The monoisotopic (exact) mass is 426 g/mol. The minimum absolute atomic E-state index is 0.255. The predicted molar refractivity (Wildman–Crippen MR) is 109 cm³/mol. The maximum Gasteiger partial charge on any atom is 0.316 e. The van der Waals surface area contributed by atoms with Gasteiger partial charge in [-0.25, -0.2) is 9.97 Å². The Morgan fingerprint density at radius 3 is 1.68 bits per heavy atom. The molecule has 28 heavy (non-hydrogen) atoms. The molecule has 2 heterocycles. The second-order valence-corrected chi connectivity index (χ2v) is 7.79. The van der Waals surface area contributed by atoms with Crippen LogP contribution in [0, 0.1) is 0 Å². The molecule has 0 amide bonds. The van der Waals surface area contributed by atoms with E-state index in [1.165, 1.54) is 6.20 Å². The summed E-state index contributed by atoms with van der Waals surface area (Å²) < 4.78 is 4.99. The summed E-state index contributed by atoms with van der Waals surface area (Å²) in [4.78, 5) is 30.3. The number of hydrogen-bond acceptors (Lipinski definition) is 5. The Hall–Kier alpha value is -2.18. The molecule has 0 saturated heterocycles. The first-order valence-corrected chi connectivity index (χ1v) is 9.33. The van der Waals surface area contributed by atoms with Crippen molar-refractivity contribution in [2.24, 2.45) is 0 Å². The number of halogens is 2. The van der Waals surface area contributed by atoms with E-state index >= 15 is 0 Å². The Morgan fingerprint density at radius 2 is 1.36 bits per heavy atom. The van der Waals surface area contributed by atoms with Crippen LogP contribution in [0.15, 0.2) is 36.7 Å². The zero-order chi connectivity index (χ0) is 21.5. The van der Waals surface area contributed by atoms with Crippen molar-refractivity contribution < 1.29 is 19.4 Å². The molecular weight excluding hydrogens is 403 g/mol. The lowest BCUT2D eigenvalue weighted by atomic mass is 9.86. The van der Waals surface area contributed by atoms with Gasteiger partial charge in [0.05, 0.1) is 17.4 Å². The van der Waals surface area contributed by atoms with Crippen LogP contribution in [0.1, 0.15) is 45.7 Å². The van der Waals surface area contributed by atoms with Crippen LogP contribution >= 0.6 is 23.2 Å². The molecule has 1 N–H and O–H groups in total. The third-order valence-corrected chi connectivity index (χ3v) is 4.67. The second-order valence-electron chi connectivity index (χ2n) is 7.01. The van der Waals surface area contributed by atoms with Crippen molar-refractivity contribution >= 4 is 35.1 Å².